The number of nitrogens with one attached hydrogen (secondary N) is 1. The van der Waals surface area contributed by atoms with E-state index >= 15 is 0 Å². The third-order valence-corrected chi connectivity index (χ3v) is 2.87. The molecule has 0 radical (unpaired) electrons. The summed E-state index contributed by atoms with van der Waals surface area (Å²) in [5.41, 5.74) is 2.55. The molecule has 0 aromatic heterocycles. The quantitative estimate of drug-likeness (QED) is 0.789. The van der Waals surface area contributed by atoms with Crippen LogP contribution in [0.5, 0.6) is 0 Å². The molecule has 16 heavy (non-hydrogen) atoms. The van der Waals surface area contributed by atoms with Crippen molar-refractivity contribution >= 4 is 5.69 Å². The summed E-state index contributed by atoms with van der Waals surface area (Å²) in [6, 6.07) is 7.95. The predicted molar refractivity (Wildman–Crippen MR) is 64.6 cm³/mol. The Labute approximate surface area is 93.4 Å². The van der Waals surface area contributed by atoms with Crippen molar-refractivity contribution in [3.63, 3.8) is 0 Å². The Hall–Kier alpha value is -1.90. The van der Waals surface area contributed by atoms with Gasteiger partial charge in [-0.25, -0.2) is 0 Å². The lowest BCUT2D eigenvalue weighted by Gasteiger charge is -2.11. The van der Waals surface area contributed by atoms with Gasteiger partial charge in [0.15, 0.2) is 0 Å². The molecule has 82 valence electrons. The van der Waals surface area contributed by atoms with E-state index in [2.05, 4.69) is 5.32 Å². The number of hydrogen-bond donors (Lipinski definition) is 1. The highest BCUT2D eigenvalue weighted by molar-refractivity contribution is 5.55. The smallest absolute Gasteiger partial charge is 0.249 e. The third-order valence-electron chi connectivity index (χ3n) is 2.87. The molecule has 0 spiro atoms. The van der Waals surface area contributed by atoms with Gasteiger partial charge in [0.1, 0.15) is 0 Å². The van der Waals surface area contributed by atoms with Gasteiger partial charge in [0.2, 0.25) is 10.9 Å². The van der Waals surface area contributed by atoms with E-state index < -0.39 is 5.43 Å². The maximum atomic E-state index is 11.2. The van der Waals surface area contributed by atoms with Gasteiger partial charge in [-0.05, 0) is 25.0 Å². The van der Waals surface area contributed by atoms with Crippen molar-refractivity contribution in [3.8, 4) is 0 Å². The minimum atomic E-state index is -0.397. The van der Waals surface area contributed by atoms with Crippen molar-refractivity contribution in [1.82, 2.24) is 0 Å². The second kappa shape index (κ2) is 3.93. The molecule has 2 rings (SSSR count). The van der Waals surface area contributed by atoms with Gasteiger partial charge in [0.05, 0.1) is 5.69 Å². The first kappa shape index (κ1) is 10.6. The molecule has 0 heterocycles. The monoisotopic (exact) mass is 215 g/mol. The fourth-order valence-electron chi connectivity index (χ4n) is 1.71. The summed E-state index contributed by atoms with van der Waals surface area (Å²) >= 11 is 0. The second-order valence-electron chi connectivity index (χ2n) is 3.94. The van der Waals surface area contributed by atoms with Crippen molar-refractivity contribution in [1.29, 1.82) is 0 Å². The van der Waals surface area contributed by atoms with Crippen LogP contribution in [-0.4, -0.2) is 0 Å². The van der Waals surface area contributed by atoms with Crippen molar-refractivity contribution < 1.29 is 0 Å². The summed E-state index contributed by atoms with van der Waals surface area (Å²) in [7, 11) is 0. The van der Waals surface area contributed by atoms with Crippen LogP contribution in [0.15, 0.2) is 33.9 Å². The molecule has 2 aromatic rings. The fourth-order valence-corrected chi connectivity index (χ4v) is 1.71. The van der Waals surface area contributed by atoms with Gasteiger partial charge in [-0.15, -0.1) is 0 Å². The van der Waals surface area contributed by atoms with Crippen molar-refractivity contribution in [2.75, 3.05) is 5.32 Å². The van der Waals surface area contributed by atoms with E-state index in [1.54, 1.807) is 6.92 Å². The summed E-state index contributed by atoms with van der Waals surface area (Å²) in [6.07, 6.45) is 0. The highest BCUT2D eigenvalue weighted by Gasteiger charge is 2.15. The third kappa shape index (κ3) is 1.65. The van der Waals surface area contributed by atoms with E-state index in [0.29, 0.717) is 17.8 Å². The minimum absolute atomic E-state index is 0.368. The molecule has 1 N–H and O–H groups in total. The fraction of sp³-hybridized carbons (Fsp3) is 0.231. The van der Waals surface area contributed by atoms with E-state index in [0.717, 1.165) is 5.56 Å². The number of hydrogen-bond acceptors (Lipinski definition) is 3. The lowest BCUT2D eigenvalue weighted by molar-refractivity contribution is 1.09. The zero-order chi connectivity index (χ0) is 11.7. The van der Waals surface area contributed by atoms with E-state index in [9.17, 15) is 9.59 Å². The average molecular weight is 215 g/mol. The van der Waals surface area contributed by atoms with Gasteiger partial charge < -0.3 is 5.32 Å². The molecule has 0 saturated heterocycles. The van der Waals surface area contributed by atoms with Gasteiger partial charge in [-0.2, -0.15) is 0 Å². The summed E-state index contributed by atoms with van der Waals surface area (Å²) in [4.78, 5) is 22.2. The highest BCUT2D eigenvalue weighted by atomic mass is 16.2. The molecule has 2 aromatic carbocycles. The Morgan fingerprint density at radius 2 is 1.75 bits per heavy atom. The molecule has 0 atom stereocenters. The lowest BCUT2D eigenvalue weighted by atomic mass is 10.1. The van der Waals surface area contributed by atoms with Crippen LogP contribution < -0.4 is 16.2 Å². The van der Waals surface area contributed by atoms with Gasteiger partial charge >= 0.3 is 0 Å². The maximum Gasteiger partial charge on any atom is 0.249 e. The molecule has 0 fully saturated rings. The highest BCUT2D eigenvalue weighted by Crippen LogP contribution is 2.11. The number of anilines is 1. The van der Waals surface area contributed by atoms with Crippen LogP contribution >= 0.6 is 0 Å². The largest absolute Gasteiger partial charge is 0.377 e. The van der Waals surface area contributed by atoms with E-state index in [-0.39, 0.29) is 5.43 Å². The van der Waals surface area contributed by atoms with Crippen LogP contribution in [0.3, 0.4) is 0 Å². The number of benzene rings is 1. The Bertz CT molecular complexity index is 592. The summed E-state index contributed by atoms with van der Waals surface area (Å²) in [5, 5.41) is 3.02. The van der Waals surface area contributed by atoms with Crippen LogP contribution in [0.4, 0.5) is 5.69 Å². The van der Waals surface area contributed by atoms with Gasteiger partial charge in [-0.3, -0.25) is 9.59 Å². The van der Waals surface area contributed by atoms with Crippen molar-refractivity contribution in [3.05, 3.63) is 61.4 Å². The molecule has 0 aliphatic rings. The van der Waals surface area contributed by atoms with Crippen LogP contribution in [0.2, 0.25) is 0 Å². The lowest BCUT2D eigenvalue weighted by Crippen LogP contribution is -2.36. The molecular formula is C13H13NO2. The van der Waals surface area contributed by atoms with Crippen LogP contribution in [0.25, 0.3) is 0 Å². The van der Waals surface area contributed by atoms with Gasteiger partial charge in [0, 0.05) is 12.1 Å². The standard InChI is InChI=1S/C13H13NO2/c1-8-5-3-4-6-10(8)7-14-11-9(2)12(15)13(11)16/h3-6,14H,7H2,1-2H3. The van der Waals surface area contributed by atoms with Gasteiger partial charge in [-0.1, -0.05) is 24.3 Å². The predicted octanol–water partition coefficient (Wildman–Crippen LogP) is 1.51. The second-order valence-corrected chi connectivity index (χ2v) is 3.94. The Morgan fingerprint density at radius 3 is 2.38 bits per heavy atom. The van der Waals surface area contributed by atoms with E-state index in [1.807, 2.05) is 31.2 Å². The molecule has 3 nitrogen and oxygen atoms in total. The first-order valence-corrected chi connectivity index (χ1v) is 5.19. The molecule has 0 aliphatic heterocycles. The zero-order valence-electron chi connectivity index (χ0n) is 9.33. The molecule has 0 amide bonds. The SMILES string of the molecule is Cc1ccccc1CNc1c(C)c(=O)c1=O. The zero-order valence-corrected chi connectivity index (χ0v) is 9.33. The Morgan fingerprint density at radius 1 is 1.06 bits per heavy atom. The van der Waals surface area contributed by atoms with Crippen molar-refractivity contribution in [2.24, 2.45) is 0 Å². The molecule has 3 heteroatoms. The number of rotatable bonds is 3. The Balaban J connectivity index is 2.13. The number of aryl methyl sites for hydroxylation is 1. The van der Waals surface area contributed by atoms with Crippen LogP contribution in [-0.2, 0) is 6.54 Å². The van der Waals surface area contributed by atoms with E-state index in [1.165, 1.54) is 5.56 Å². The normalized spacial score (nSPS) is 10.6. The Kier molecular flexibility index (Phi) is 2.60. The summed E-state index contributed by atoms with van der Waals surface area (Å²) in [5.74, 6) is 0. The van der Waals surface area contributed by atoms with Crippen molar-refractivity contribution in [2.45, 2.75) is 20.4 Å². The van der Waals surface area contributed by atoms with Gasteiger partial charge in [0.25, 0.3) is 0 Å². The molecular weight excluding hydrogens is 202 g/mol. The molecule has 0 saturated carbocycles. The first-order chi connectivity index (χ1) is 7.61. The minimum Gasteiger partial charge on any atom is -0.377 e. The first-order valence-electron chi connectivity index (χ1n) is 5.19. The molecule has 0 bridgehead atoms. The summed E-state index contributed by atoms with van der Waals surface area (Å²) in [6.45, 7) is 4.27. The summed E-state index contributed by atoms with van der Waals surface area (Å²) < 4.78 is 0. The van der Waals surface area contributed by atoms with Crippen LogP contribution in [0.1, 0.15) is 16.7 Å². The average Bonchev–Trinajstić information content (AvgIpc) is 2.31. The van der Waals surface area contributed by atoms with Crippen LogP contribution in [0, 0.1) is 13.8 Å². The molecule has 0 unspecified atom stereocenters. The molecule has 0 aliphatic carbocycles. The van der Waals surface area contributed by atoms with E-state index in [4.69, 9.17) is 0 Å². The topological polar surface area (TPSA) is 46.2 Å². The maximum absolute atomic E-state index is 11.2.